The molecule has 3 nitrogen and oxygen atoms in total. The molecule has 0 bridgehead atoms. The van der Waals surface area contributed by atoms with Crippen molar-refractivity contribution in [1.82, 2.24) is 4.90 Å². The minimum atomic E-state index is 1.11. The number of hydrazone groups is 1. The maximum atomic E-state index is 4.61. The lowest BCUT2D eigenvalue weighted by molar-refractivity contribution is 0.342. The molecular weight excluding hydrogens is 234 g/mol. The van der Waals surface area contributed by atoms with Gasteiger partial charge in [-0.2, -0.15) is 5.10 Å². The van der Waals surface area contributed by atoms with E-state index in [0.717, 1.165) is 24.6 Å². The third-order valence-electron chi connectivity index (χ3n) is 4.08. The fourth-order valence-corrected chi connectivity index (χ4v) is 3.14. The Bertz CT molecular complexity index is 649. The van der Waals surface area contributed by atoms with Crippen molar-refractivity contribution in [2.45, 2.75) is 19.3 Å². The molecule has 0 aromatic heterocycles. The minimum Gasteiger partial charge on any atom is -0.355 e. The van der Waals surface area contributed by atoms with Gasteiger partial charge in [0.05, 0.1) is 5.69 Å². The van der Waals surface area contributed by atoms with Crippen LogP contribution < -0.4 is 5.43 Å². The Balaban J connectivity index is 1.86. The van der Waals surface area contributed by atoms with Gasteiger partial charge in [-0.25, -0.2) is 0 Å². The summed E-state index contributed by atoms with van der Waals surface area (Å²) in [5.74, 6) is 1.11. The van der Waals surface area contributed by atoms with Crippen LogP contribution in [0.2, 0.25) is 0 Å². The SMILES string of the molecule is c1cc2c3c(cccc3c1)C(N1CCCCC1)=NN2. The molecule has 96 valence electrons. The lowest BCUT2D eigenvalue weighted by Crippen LogP contribution is -2.37. The molecule has 0 spiro atoms. The smallest absolute Gasteiger partial charge is 0.156 e. The van der Waals surface area contributed by atoms with Crippen LogP contribution in [0.3, 0.4) is 0 Å². The molecule has 0 atom stereocenters. The lowest BCUT2D eigenvalue weighted by atomic mass is 9.99. The second-order valence-electron chi connectivity index (χ2n) is 5.30. The van der Waals surface area contributed by atoms with Gasteiger partial charge < -0.3 is 4.90 Å². The van der Waals surface area contributed by atoms with Crippen molar-refractivity contribution in [2.75, 3.05) is 18.5 Å². The number of nitrogens with zero attached hydrogens (tertiary/aromatic N) is 2. The first-order valence-corrected chi connectivity index (χ1v) is 7.04. The highest BCUT2D eigenvalue weighted by Gasteiger charge is 2.22. The maximum absolute atomic E-state index is 4.61. The average molecular weight is 251 g/mol. The molecule has 19 heavy (non-hydrogen) atoms. The van der Waals surface area contributed by atoms with E-state index in [-0.39, 0.29) is 0 Å². The van der Waals surface area contributed by atoms with E-state index >= 15 is 0 Å². The lowest BCUT2D eigenvalue weighted by Gasteiger charge is -2.32. The second-order valence-corrected chi connectivity index (χ2v) is 5.30. The summed E-state index contributed by atoms with van der Waals surface area (Å²) in [7, 11) is 0. The van der Waals surface area contributed by atoms with Crippen LogP contribution in [-0.2, 0) is 0 Å². The fourth-order valence-electron chi connectivity index (χ4n) is 3.14. The summed E-state index contributed by atoms with van der Waals surface area (Å²) in [6.45, 7) is 2.25. The summed E-state index contributed by atoms with van der Waals surface area (Å²) in [5.41, 5.74) is 5.61. The van der Waals surface area contributed by atoms with Gasteiger partial charge in [-0.1, -0.05) is 30.3 Å². The van der Waals surface area contributed by atoms with Crippen LogP contribution in [0.1, 0.15) is 24.8 Å². The maximum Gasteiger partial charge on any atom is 0.156 e. The van der Waals surface area contributed by atoms with Crippen molar-refractivity contribution in [3.8, 4) is 0 Å². The zero-order valence-corrected chi connectivity index (χ0v) is 10.9. The fraction of sp³-hybridized carbons (Fsp3) is 0.312. The molecule has 1 saturated heterocycles. The first-order chi connectivity index (χ1) is 9.43. The molecule has 2 aliphatic rings. The first kappa shape index (κ1) is 10.9. The van der Waals surface area contributed by atoms with Crippen LogP contribution in [0.4, 0.5) is 5.69 Å². The largest absolute Gasteiger partial charge is 0.355 e. The van der Waals surface area contributed by atoms with Crippen LogP contribution in [0.5, 0.6) is 0 Å². The van der Waals surface area contributed by atoms with E-state index in [9.17, 15) is 0 Å². The summed E-state index contributed by atoms with van der Waals surface area (Å²) in [6.07, 6.45) is 3.89. The van der Waals surface area contributed by atoms with Crippen molar-refractivity contribution in [1.29, 1.82) is 0 Å². The van der Waals surface area contributed by atoms with Crippen LogP contribution in [0.25, 0.3) is 10.8 Å². The molecule has 2 aromatic rings. The molecule has 2 heterocycles. The van der Waals surface area contributed by atoms with Gasteiger partial charge in [0.2, 0.25) is 0 Å². The zero-order chi connectivity index (χ0) is 12.7. The summed E-state index contributed by atoms with van der Waals surface area (Å²) in [6, 6.07) is 12.8. The van der Waals surface area contributed by atoms with E-state index in [1.807, 2.05) is 0 Å². The van der Waals surface area contributed by atoms with Crippen molar-refractivity contribution in [3.63, 3.8) is 0 Å². The Morgan fingerprint density at radius 3 is 2.58 bits per heavy atom. The topological polar surface area (TPSA) is 27.6 Å². The van der Waals surface area contributed by atoms with Crippen LogP contribution in [0.15, 0.2) is 41.5 Å². The molecule has 1 fully saturated rings. The quantitative estimate of drug-likeness (QED) is 0.777. The van der Waals surface area contributed by atoms with Gasteiger partial charge in [-0.3, -0.25) is 5.43 Å². The van der Waals surface area contributed by atoms with Crippen LogP contribution in [-0.4, -0.2) is 23.8 Å². The molecule has 0 aliphatic carbocycles. The normalized spacial score (nSPS) is 18.1. The number of rotatable bonds is 0. The van der Waals surface area contributed by atoms with Gasteiger partial charge in [-0.15, -0.1) is 0 Å². The van der Waals surface area contributed by atoms with Crippen molar-refractivity contribution in [3.05, 3.63) is 42.0 Å². The van der Waals surface area contributed by atoms with Gasteiger partial charge in [0, 0.05) is 24.0 Å². The van der Waals surface area contributed by atoms with Crippen molar-refractivity contribution in [2.24, 2.45) is 5.10 Å². The van der Waals surface area contributed by atoms with Crippen LogP contribution >= 0.6 is 0 Å². The zero-order valence-electron chi connectivity index (χ0n) is 10.9. The molecular formula is C16H17N3. The van der Waals surface area contributed by atoms with Gasteiger partial charge in [0.1, 0.15) is 0 Å². The number of hydrogen-bond acceptors (Lipinski definition) is 3. The summed E-state index contributed by atoms with van der Waals surface area (Å²) >= 11 is 0. The highest BCUT2D eigenvalue weighted by atomic mass is 15.4. The number of nitrogens with one attached hydrogen (secondary N) is 1. The molecule has 0 unspecified atom stereocenters. The van der Waals surface area contributed by atoms with Crippen LogP contribution in [0, 0.1) is 0 Å². The average Bonchev–Trinajstić information content (AvgIpc) is 2.49. The van der Waals surface area contributed by atoms with E-state index in [4.69, 9.17) is 0 Å². The monoisotopic (exact) mass is 251 g/mol. The number of likely N-dealkylation sites (tertiary alicyclic amines) is 1. The predicted molar refractivity (Wildman–Crippen MR) is 79.5 cm³/mol. The van der Waals surface area contributed by atoms with Gasteiger partial charge in [0.25, 0.3) is 0 Å². The van der Waals surface area contributed by atoms with Crippen molar-refractivity contribution < 1.29 is 0 Å². The number of benzene rings is 2. The molecule has 4 rings (SSSR count). The summed E-state index contributed by atoms with van der Waals surface area (Å²) < 4.78 is 0. The third kappa shape index (κ3) is 1.69. The summed E-state index contributed by atoms with van der Waals surface area (Å²) in [5, 5.41) is 7.20. The molecule has 0 amide bonds. The molecule has 1 N–H and O–H groups in total. The van der Waals surface area contributed by atoms with Gasteiger partial charge >= 0.3 is 0 Å². The molecule has 0 radical (unpaired) electrons. The van der Waals surface area contributed by atoms with Crippen molar-refractivity contribution >= 4 is 22.3 Å². The van der Waals surface area contributed by atoms with E-state index in [1.165, 1.54) is 35.6 Å². The van der Waals surface area contributed by atoms with E-state index in [2.05, 4.69) is 51.8 Å². The Hall–Kier alpha value is -2.03. The Morgan fingerprint density at radius 1 is 0.947 bits per heavy atom. The second kappa shape index (κ2) is 4.26. The molecule has 2 aromatic carbocycles. The standard InChI is InChI=1S/C16H17N3/c1-2-10-19(11-3-1)16-13-8-4-6-12-7-5-9-14(15(12)13)17-18-16/h4-9,17H,1-3,10-11H2. The number of amidine groups is 1. The van der Waals surface area contributed by atoms with Gasteiger partial charge in [0.15, 0.2) is 5.84 Å². The molecule has 3 heteroatoms. The highest BCUT2D eigenvalue weighted by molar-refractivity contribution is 6.15. The van der Waals surface area contributed by atoms with E-state index in [1.54, 1.807) is 0 Å². The Labute approximate surface area is 112 Å². The predicted octanol–water partition coefficient (Wildman–Crippen LogP) is 3.41. The molecule has 2 aliphatic heterocycles. The van der Waals surface area contributed by atoms with E-state index < -0.39 is 0 Å². The number of anilines is 1. The van der Waals surface area contributed by atoms with E-state index in [0.29, 0.717) is 0 Å². The number of hydrogen-bond donors (Lipinski definition) is 1. The first-order valence-electron chi connectivity index (χ1n) is 7.04. The Kier molecular flexibility index (Phi) is 2.44. The molecule has 0 saturated carbocycles. The summed E-state index contributed by atoms with van der Waals surface area (Å²) in [4.78, 5) is 2.42. The van der Waals surface area contributed by atoms with Gasteiger partial charge in [-0.05, 0) is 30.7 Å². The highest BCUT2D eigenvalue weighted by Crippen LogP contribution is 2.31. The number of piperidine rings is 1. The Morgan fingerprint density at radius 2 is 1.74 bits per heavy atom. The third-order valence-corrected chi connectivity index (χ3v) is 4.08. The minimum absolute atomic E-state index is 1.11.